The maximum absolute atomic E-state index is 12.8. The van der Waals surface area contributed by atoms with Crippen LogP contribution in [0.4, 0.5) is 0 Å². The molecule has 0 saturated carbocycles. The van der Waals surface area contributed by atoms with Gasteiger partial charge in [0.05, 0.1) is 6.61 Å². The van der Waals surface area contributed by atoms with E-state index in [9.17, 15) is 9.59 Å². The highest BCUT2D eigenvalue weighted by Crippen LogP contribution is 2.15. The van der Waals surface area contributed by atoms with Crippen LogP contribution in [0.25, 0.3) is 0 Å². The lowest BCUT2D eigenvalue weighted by Gasteiger charge is -2.18. The topological polar surface area (TPSA) is 61.8 Å². The Labute approximate surface area is 423 Å². The van der Waals surface area contributed by atoms with Crippen LogP contribution in [0.5, 0.6) is 0 Å². The molecule has 0 aromatic rings. The molecule has 0 saturated heterocycles. The second-order valence-corrected chi connectivity index (χ2v) is 19.5. The van der Waals surface area contributed by atoms with Crippen LogP contribution in [-0.2, 0) is 23.8 Å². The molecule has 0 aliphatic carbocycles. The molecule has 0 amide bonds. The minimum absolute atomic E-state index is 0.0706. The first kappa shape index (κ1) is 65.3. The third-order valence-electron chi connectivity index (χ3n) is 12.7. The Morgan fingerprint density at radius 2 is 0.662 bits per heavy atom. The van der Waals surface area contributed by atoms with Crippen molar-refractivity contribution in [3.8, 4) is 0 Å². The van der Waals surface area contributed by atoms with Crippen molar-refractivity contribution in [1.82, 2.24) is 0 Å². The van der Waals surface area contributed by atoms with Gasteiger partial charge in [0.1, 0.15) is 6.61 Å². The standard InChI is InChI=1S/C63H112O5/c1-4-7-10-13-16-19-22-25-27-29-31-33-35-37-40-43-46-49-52-55-58-66-59-61(68-63(65)57-54-51-48-45-42-38-24-21-18-15-12-9-6-3)60-67-62(64)56-53-50-47-44-41-39-36-34-32-30-28-26-23-20-17-14-11-8-5-2/h9,12,16,18-19,21,25-28,38,42,61H,4-8,10-11,13-15,17,20,22-24,29-37,39-41,43-60H2,1-3H3/b12-9-,19-16-,21-18-,27-25-,28-26-,42-38-. The molecule has 0 bridgehead atoms. The fourth-order valence-electron chi connectivity index (χ4n) is 8.32. The van der Waals surface area contributed by atoms with Gasteiger partial charge in [-0.2, -0.15) is 0 Å². The van der Waals surface area contributed by atoms with E-state index >= 15 is 0 Å². The zero-order valence-corrected chi connectivity index (χ0v) is 45.4. The maximum Gasteiger partial charge on any atom is 0.306 e. The van der Waals surface area contributed by atoms with Crippen molar-refractivity contribution >= 4 is 11.9 Å². The molecule has 0 aromatic heterocycles. The lowest BCUT2D eigenvalue weighted by atomic mass is 10.1. The monoisotopic (exact) mass is 949 g/mol. The molecule has 0 aromatic carbocycles. The van der Waals surface area contributed by atoms with E-state index in [1.54, 1.807) is 0 Å². The molecule has 0 N–H and O–H groups in total. The van der Waals surface area contributed by atoms with Crippen molar-refractivity contribution in [2.45, 2.75) is 297 Å². The van der Waals surface area contributed by atoms with E-state index in [2.05, 4.69) is 93.7 Å². The molecule has 5 nitrogen and oxygen atoms in total. The van der Waals surface area contributed by atoms with E-state index in [0.29, 0.717) is 19.4 Å². The van der Waals surface area contributed by atoms with Crippen LogP contribution in [0.2, 0.25) is 0 Å². The Morgan fingerprint density at radius 1 is 0.338 bits per heavy atom. The number of allylic oxidation sites excluding steroid dienone is 12. The van der Waals surface area contributed by atoms with Gasteiger partial charge in [0.15, 0.2) is 6.10 Å². The largest absolute Gasteiger partial charge is 0.462 e. The lowest BCUT2D eigenvalue weighted by molar-refractivity contribution is -0.163. The predicted octanol–water partition coefficient (Wildman–Crippen LogP) is 20.2. The van der Waals surface area contributed by atoms with Crippen LogP contribution in [0.3, 0.4) is 0 Å². The summed E-state index contributed by atoms with van der Waals surface area (Å²) in [6.07, 6.45) is 76.4. The quantitative estimate of drug-likeness (QED) is 0.0345. The van der Waals surface area contributed by atoms with E-state index in [4.69, 9.17) is 14.2 Å². The van der Waals surface area contributed by atoms with Crippen molar-refractivity contribution in [1.29, 1.82) is 0 Å². The predicted molar refractivity (Wildman–Crippen MR) is 297 cm³/mol. The Balaban J connectivity index is 4.25. The van der Waals surface area contributed by atoms with Crippen molar-refractivity contribution < 1.29 is 23.8 Å². The second-order valence-electron chi connectivity index (χ2n) is 19.5. The molecule has 0 rings (SSSR count). The van der Waals surface area contributed by atoms with Crippen molar-refractivity contribution in [2.24, 2.45) is 0 Å². The molecule has 0 radical (unpaired) electrons. The first-order chi connectivity index (χ1) is 33.6. The highest BCUT2D eigenvalue weighted by atomic mass is 16.6. The lowest BCUT2D eigenvalue weighted by Crippen LogP contribution is -2.30. The zero-order valence-electron chi connectivity index (χ0n) is 45.4. The molecular formula is C63H112O5. The van der Waals surface area contributed by atoms with E-state index in [1.807, 2.05) is 0 Å². The van der Waals surface area contributed by atoms with Gasteiger partial charge in [0.2, 0.25) is 0 Å². The number of carbonyl (C=O) groups is 2. The normalized spacial score (nSPS) is 12.7. The Kier molecular flexibility index (Phi) is 56.4. The first-order valence-corrected chi connectivity index (χ1v) is 29.5. The van der Waals surface area contributed by atoms with Crippen molar-refractivity contribution in [3.63, 3.8) is 0 Å². The molecule has 1 atom stereocenters. The van der Waals surface area contributed by atoms with E-state index < -0.39 is 6.10 Å². The van der Waals surface area contributed by atoms with Gasteiger partial charge in [-0.05, 0) is 109 Å². The number of ether oxygens (including phenoxy) is 3. The van der Waals surface area contributed by atoms with Crippen LogP contribution >= 0.6 is 0 Å². The van der Waals surface area contributed by atoms with E-state index in [-0.39, 0.29) is 25.2 Å². The fourth-order valence-corrected chi connectivity index (χ4v) is 8.32. The highest BCUT2D eigenvalue weighted by molar-refractivity contribution is 5.70. The third-order valence-corrected chi connectivity index (χ3v) is 12.7. The van der Waals surface area contributed by atoms with Gasteiger partial charge in [-0.1, -0.05) is 241 Å². The van der Waals surface area contributed by atoms with Crippen LogP contribution < -0.4 is 0 Å². The van der Waals surface area contributed by atoms with Gasteiger partial charge >= 0.3 is 11.9 Å². The number of unbranched alkanes of at least 4 members (excludes halogenated alkanes) is 31. The minimum Gasteiger partial charge on any atom is -0.462 e. The number of hydrogen-bond acceptors (Lipinski definition) is 5. The molecule has 68 heavy (non-hydrogen) atoms. The summed E-state index contributed by atoms with van der Waals surface area (Å²) in [5.41, 5.74) is 0. The summed E-state index contributed by atoms with van der Waals surface area (Å²) in [7, 11) is 0. The molecule has 0 fully saturated rings. The average molecular weight is 950 g/mol. The van der Waals surface area contributed by atoms with Gasteiger partial charge in [0.25, 0.3) is 0 Å². The van der Waals surface area contributed by atoms with Gasteiger partial charge in [0, 0.05) is 19.4 Å². The summed E-state index contributed by atoms with van der Waals surface area (Å²) in [5.74, 6) is -0.426. The van der Waals surface area contributed by atoms with Crippen molar-refractivity contribution in [2.75, 3.05) is 19.8 Å². The number of carbonyl (C=O) groups excluding carboxylic acids is 2. The van der Waals surface area contributed by atoms with Crippen LogP contribution in [0.1, 0.15) is 290 Å². The molecule has 0 aliphatic rings. The van der Waals surface area contributed by atoms with Gasteiger partial charge in [-0.25, -0.2) is 0 Å². The molecule has 5 heteroatoms. The molecule has 0 aliphatic heterocycles. The summed E-state index contributed by atoms with van der Waals surface area (Å²) in [6.45, 7) is 7.68. The van der Waals surface area contributed by atoms with Crippen LogP contribution in [0, 0.1) is 0 Å². The van der Waals surface area contributed by atoms with Gasteiger partial charge in [-0.3, -0.25) is 9.59 Å². The SMILES string of the molecule is CC/C=C\C/C=C\C/C=C\CCCCCC(=O)OC(COCCCCCCCCCCCC/C=C\C/C=C\CCCCC)COC(=O)CCCCCCCCCCC/C=C\CCCCCCCC. The molecular weight excluding hydrogens is 837 g/mol. The molecule has 394 valence electrons. The number of rotatable bonds is 54. The van der Waals surface area contributed by atoms with Gasteiger partial charge in [-0.15, -0.1) is 0 Å². The minimum atomic E-state index is -0.556. The maximum atomic E-state index is 12.8. The summed E-state index contributed by atoms with van der Waals surface area (Å²) < 4.78 is 17.5. The molecule has 0 spiro atoms. The summed E-state index contributed by atoms with van der Waals surface area (Å²) in [5, 5.41) is 0. The number of esters is 2. The van der Waals surface area contributed by atoms with E-state index in [0.717, 1.165) is 77.0 Å². The Bertz CT molecular complexity index is 1210. The highest BCUT2D eigenvalue weighted by Gasteiger charge is 2.17. The molecule has 0 heterocycles. The smallest absolute Gasteiger partial charge is 0.306 e. The van der Waals surface area contributed by atoms with Crippen LogP contribution in [0.15, 0.2) is 72.9 Å². The number of hydrogen-bond donors (Lipinski definition) is 0. The summed E-state index contributed by atoms with van der Waals surface area (Å²) >= 11 is 0. The van der Waals surface area contributed by atoms with Gasteiger partial charge < -0.3 is 14.2 Å². The van der Waals surface area contributed by atoms with Crippen LogP contribution in [-0.4, -0.2) is 37.9 Å². The zero-order chi connectivity index (χ0) is 49.2. The Morgan fingerprint density at radius 3 is 1.12 bits per heavy atom. The average Bonchev–Trinajstić information content (AvgIpc) is 3.34. The second kappa shape index (κ2) is 58.7. The third kappa shape index (κ3) is 55.9. The van der Waals surface area contributed by atoms with E-state index in [1.165, 1.54) is 180 Å². The Hall–Kier alpha value is -2.66. The molecule has 1 unspecified atom stereocenters. The first-order valence-electron chi connectivity index (χ1n) is 29.5. The fraction of sp³-hybridized carbons (Fsp3) is 0.778. The van der Waals surface area contributed by atoms with Crippen molar-refractivity contribution in [3.05, 3.63) is 72.9 Å². The summed E-state index contributed by atoms with van der Waals surface area (Å²) in [4.78, 5) is 25.5. The summed E-state index contributed by atoms with van der Waals surface area (Å²) in [6, 6.07) is 0.